The molecule has 0 aliphatic heterocycles. The van der Waals surface area contributed by atoms with Gasteiger partial charge < -0.3 is 10.2 Å². The molecule has 2 rings (SSSR count). The Balaban J connectivity index is 2.31. The van der Waals surface area contributed by atoms with Crippen molar-refractivity contribution in [2.24, 2.45) is 5.73 Å². The van der Waals surface area contributed by atoms with Gasteiger partial charge in [-0.25, -0.2) is 4.98 Å². The van der Waals surface area contributed by atoms with Gasteiger partial charge in [-0.2, -0.15) is 0 Å². The van der Waals surface area contributed by atoms with Gasteiger partial charge in [0.05, 0.1) is 11.7 Å². The number of hydrogen-bond donors (Lipinski definition) is 1. The number of nitrogens with zero attached hydrogens (tertiary/aromatic N) is 1. The van der Waals surface area contributed by atoms with Crippen LogP contribution in [0.4, 0.5) is 0 Å². The largest absolute Gasteiger partial charge is 0.443 e. The van der Waals surface area contributed by atoms with E-state index in [0.717, 1.165) is 17.9 Å². The first-order valence-corrected chi connectivity index (χ1v) is 4.97. The Kier molecular flexibility index (Phi) is 2.12. The van der Waals surface area contributed by atoms with Gasteiger partial charge in [0.1, 0.15) is 5.76 Å². The molecular formula is C10H16N2O. The fraction of sp³-hybridized carbons (Fsp3) is 0.700. The zero-order valence-electron chi connectivity index (χ0n) is 8.21. The summed E-state index contributed by atoms with van der Waals surface area (Å²) in [5, 5.41) is 0. The van der Waals surface area contributed by atoms with Gasteiger partial charge in [-0.05, 0) is 26.2 Å². The molecule has 3 nitrogen and oxygen atoms in total. The first-order valence-electron chi connectivity index (χ1n) is 4.97. The van der Waals surface area contributed by atoms with Gasteiger partial charge in [0, 0.05) is 5.92 Å². The number of nitrogens with two attached hydrogens (primary N) is 1. The van der Waals surface area contributed by atoms with Crippen LogP contribution < -0.4 is 5.73 Å². The lowest BCUT2D eigenvalue weighted by Gasteiger charge is -1.95. The number of oxazole rings is 1. The Morgan fingerprint density at radius 3 is 2.77 bits per heavy atom. The molecule has 1 aliphatic rings. The van der Waals surface area contributed by atoms with Crippen LogP contribution in [0.3, 0.4) is 0 Å². The standard InChI is InChI=1S/C10H16N2O/c1-3-8-9(7-4-5-7)13-10(12-8)6(2)11/h6-7H,3-5,11H2,1-2H3/t6-/m0/s1. The summed E-state index contributed by atoms with van der Waals surface area (Å²) in [7, 11) is 0. The van der Waals surface area contributed by atoms with Crippen LogP contribution in [0.25, 0.3) is 0 Å². The minimum absolute atomic E-state index is 0.0854. The number of hydrogen-bond acceptors (Lipinski definition) is 3. The minimum atomic E-state index is -0.0854. The van der Waals surface area contributed by atoms with Gasteiger partial charge in [0.25, 0.3) is 0 Å². The van der Waals surface area contributed by atoms with Gasteiger partial charge >= 0.3 is 0 Å². The molecule has 1 atom stereocenters. The van der Waals surface area contributed by atoms with Crippen LogP contribution in [-0.2, 0) is 6.42 Å². The zero-order valence-corrected chi connectivity index (χ0v) is 8.21. The van der Waals surface area contributed by atoms with E-state index < -0.39 is 0 Å². The second kappa shape index (κ2) is 3.14. The summed E-state index contributed by atoms with van der Waals surface area (Å²) in [6.45, 7) is 4.01. The molecule has 0 unspecified atom stereocenters. The van der Waals surface area contributed by atoms with E-state index >= 15 is 0 Å². The quantitative estimate of drug-likeness (QED) is 0.775. The normalized spacial score (nSPS) is 19.0. The third-order valence-electron chi connectivity index (χ3n) is 2.42. The monoisotopic (exact) mass is 180 g/mol. The van der Waals surface area contributed by atoms with Crippen molar-refractivity contribution in [3.05, 3.63) is 17.3 Å². The average molecular weight is 180 g/mol. The summed E-state index contributed by atoms with van der Waals surface area (Å²) in [6, 6.07) is -0.0854. The Morgan fingerprint density at radius 2 is 2.31 bits per heavy atom. The molecule has 1 fully saturated rings. The van der Waals surface area contributed by atoms with Crippen molar-refractivity contribution >= 4 is 0 Å². The molecule has 72 valence electrons. The van der Waals surface area contributed by atoms with Gasteiger partial charge in [-0.1, -0.05) is 6.92 Å². The SMILES string of the molecule is CCc1nc([C@H](C)N)oc1C1CC1. The maximum atomic E-state index is 5.71. The predicted octanol–water partition coefficient (Wildman–Crippen LogP) is 2.13. The molecule has 0 bridgehead atoms. The lowest BCUT2D eigenvalue weighted by molar-refractivity contribution is 0.430. The molecule has 1 aromatic rings. The highest BCUT2D eigenvalue weighted by molar-refractivity contribution is 5.19. The van der Waals surface area contributed by atoms with Crippen molar-refractivity contribution in [2.45, 2.75) is 45.1 Å². The van der Waals surface area contributed by atoms with E-state index in [4.69, 9.17) is 10.2 Å². The average Bonchev–Trinajstić information content (AvgIpc) is 2.84. The van der Waals surface area contributed by atoms with Gasteiger partial charge in [0.15, 0.2) is 0 Å². The maximum absolute atomic E-state index is 5.71. The Hall–Kier alpha value is -0.830. The van der Waals surface area contributed by atoms with E-state index in [9.17, 15) is 0 Å². The molecule has 13 heavy (non-hydrogen) atoms. The van der Waals surface area contributed by atoms with Gasteiger partial charge in [-0.15, -0.1) is 0 Å². The van der Waals surface area contributed by atoms with Crippen molar-refractivity contribution < 1.29 is 4.42 Å². The van der Waals surface area contributed by atoms with E-state index in [0.29, 0.717) is 11.8 Å². The molecule has 1 heterocycles. The summed E-state index contributed by atoms with van der Waals surface area (Å²) in [4.78, 5) is 4.40. The fourth-order valence-electron chi connectivity index (χ4n) is 1.50. The van der Waals surface area contributed by atoms with Crippen molar-refractivity contribution in [1.82, 2.24) is 4.98 Å². The lowest BCUT2D eigenvalue weighted by atomic mass is 10.2. The molecule has 1 aliphatic carbocycles. The topological polar surface area (TPSA) is 52.0 Å². The predicted molar refractivity (Wildman–Crippen MR) is 50.5 cm³/mol. The Labute approximate surface area is 78.3 Å². The van der Waals surface area contributed by atoms with Crippen LogP contribution in [0.15, 0.2) is 4.42 Å². The summed E-state index contributed by atoms with van der Waals surface area (Å²) in [5.74, 6) is 2.42. The maximum Gasteiger partial charge on any atom is 0.211 e. The number of aromatic nitrogens is 1. The zero-order chi connectivity index (χ0) is 9.42. The van der Waals surface area contributed by atoms with Crippen LogP contribution in [-0.4, -0.2) is 4.98 Å². The Morgan fingerprint density at radius 1 is 1.62 bits per heavy atom. The lowest BCUT2D eigenvalue weighted by Crippen LogP contribution is -2.05. The second-order valence-corrected chi connectivity index (χ2v) is 3.78. The minimum Gasteiger partial charge on any atom is -0.443 e. The van der Waals surface area contributed by atoms with Crippen LogP contribution >= 0.6 is 0 Å². The first kappa shape index (κ1) is 8.75. The third kappa shape index (κ3) is 1.61. The second-order valence-electron chi connectivity index (χ2n) is 3.78. The van der Waals surface area contributed by atoms with E-state index in [-0.39, 0.29) is 6.04 Å². The van der Waals surface area contributed by atoms with E-state index in [1.165, 1.54) is 12.8 Å². The molecule has 1 aromatic heterocycles. The summed E-state index contributed by atoms with van der Waals surface area (Å²) < 4.78 is 5.65. The van der Waals surface area contributed by atoms with E-state index in [1.54, 1.807) is 0 Å². The summed E-state index contributed by atoms with van der Waals surface area (Å²) >= 11 is 0. The molecule has 1 saturated carbocycles. The third-order valence-corrected chi connectivity index (χ3v) is 2.42. The van der Waals surface area contributed by atoms with E-state index in [1.807, 2.05) is 6.92 Å². The first-order chi connectivity index (χ1) is 6.22. The van der Waals surface area contributed by atoms with Crippen LogP contribution in [0, 0.1) is 0 Å². The number of aryl methyl sites for hydroxylation is 1. The van der Waals surface area contributed by atoms with Crippen molar-refractivity contribution in [1.29, 1.82) is 0 Å². The molecule has 0 radical (unpaired) electrons. The summed E-state index contributed by atoms with van der Waals surface area (Å²) in [6.07, 6.45) is 3.45. The van der Waals surface area contributed by atoms with Crippen molar-refractivity contribution in [3.8, 4) is 0 Å². The molecule has 2 N–H and O–H groups in total. The van der Waals surface area contributed by atoms with E-state index in [2.05, 4.69) is 11.9 Å². The molecular weight excluding hydrogens is 164 g/mol. The molecule has 3 heteroatoms. The van der Waals surface area contributed by atoms with Gasteiger partial charge in [-0.3, -0.25) is 0 Å². The van der Waals surface area contributed by atoms with Crippen LogP contribution in [0.2, 0.25) is 0 Å². The van der Waals surface area contributed by atoms with Crippen molar-refractivity contribution in [2.75, 3.05) is 0 Å². The summed E-state index contributed by atoms with van der Waals surface area (Å²) in [5.41, 5.74) is 6.82. The highest BCUT2D eigenvalue weighted by Crippen LogP contribution is 2.42. The van der Waals surface area contributed by atoms with Crippen molar-refractivity contribution in [3.63, 3.8) is 0 Å². The molecule has 0 aromatic carbocycles. The smallest absolute Gasteiger partial charge is 0.211 e. The highest BCUT2D eigenvalue weighted by Gasteiger charge is 2.31. The molecule has 0 spiro atoms. The fourth-order valence-corrected chi connectivity index (χ4v) is 1.50. The van der Waals surface area contributed by atoms with Crippen LogP contribution in [0.1, 0.15) is 56.0 Å². The highest BCUT2D eigenvalue weighted by atomic mass is 16.4. The molecule has 0 saturated heterocycles. The number of rotatable bonds is 3. The van der Waals surface area contributed by atoms with Gasteiger partial charge in [0.2, 0.25) is 5.89 Å². The molecule has 0 amide bonds. The van der Waals surface area contributed by atoms with Crippen LogP contribution in [0.5, 0.6) is 0 Å². The Bertz CT molecular complexity index is 300.